The van der Waals surface area contributed by atoms with Gasteiger partial charge in [0.15, 0.2) is 11.5 Å². The van der Waals surface area contributed by atoms with Gasteiger partial charge in [-0.3, -0.25) is 0 Å². The second kappa shape index (κ2) is 5.24. The third-order valence-electron chi connectivity index (χ3n) is 2.20. The number of halogens is 4. The first-order valence-corrected chi connectivity index (χ1v) is 6.40. The molecule has 0 aliphatic carbocycles. The summed E-state index contributed by atoms with van der Waals surface area (Å²) >= 11 is 0. The van der Waals surface area contributed by atoms with Crippen molar-refractivity contribution in [3.63, 3.8) is 0 Å². The van der Waals surface area contributed by atoms with Gasteiger partial charge < -0.3 is 8.92 Å². The summed E-state index contributed by atoms with van der Waals surface area (Å²) in [7, 11) is -4.77. The molecule has 0 unspecified atom stereocenters. The molecule has 0 fully saturated rings. The molecule has 0 heterocycles. The number of ether oxygens (including phenoxy) is 1. The Morgan fingerprint density at radius 2 is 1.79 bits per heavy atom. The van der Waals surface area contributed by atoms with Crippen LogP contribution in [0.2, 0.25) is 0 Å². The summed E-state index contributed by atoms with van der Waals surface area (Å²) in [5, 5.41) is 0. The number of hydrogen-bond donors (Lipinski definition) is 0. The molecule has 0 radical (unpaired) electrons. The lowest BCUT2D eigenvalue weighted by Gasteiger charge is -2.13. The Balaban J connectivity index is 3.26. The molecule has 0 bridgehead atoms. The molecule has 0 aliphatic heterocycles. The quantitative estimate of drug-likeness (QED) is 0.487. The van der Waals surface area contributed by atoms with Crippen LogP contribution in [0.3, 0.4) is 0 Å². The first kappa shape index (κ1) is 15.5. The van der Waals surface area contributed by atoms with Crippen LogP contribution in [0.25, 0.3) is 0 Å². The fourth-order valence-corrected chi connectivity index (χ4v) is 1.70. The van der Waals surface area contributed by atoms with Crippen LogP contribution in [0.5, 0.6) is 11.5 Å². The van der Waals surface area contributed by atoms with Crippen LogP contribution in [0.1, 0.15) is 12.5 Å². The normalized spacial score (nSPS) is 12.3. The van der Waals surface area contributed by atoms with Gasteiger partial charge in [0.05, 0.1) is 7.11 Å². The summed E-state index contributed by atoms with van der Waals surface area (Å²) in [5.74, 6) is -2.03. The first-order valence-electron chi connectivity index (χ1n) is 4.99. The smallest absolute Gasteiger partial charge is 0.493 e. The van der Waals surface area contributed by atoms with Crippen molar-refractivity contribution in [2.24, 2.45) is 0 Å². The highest BCUT2D eigenvalue weighted by molar-refractivity contribution is 7.88. The van der Waals surface area contributed by atoms with Crippen molar-refractivity contribution in [1.82, 2.24) is 0 Å². The van der Waals surface area contributed by atoms with Crippen molar-refractivity contribution < 1.29 is 34.9 Å². The van der Waals surface area contributed by atoms with E-state index in [1.165, 1.54) is 0 Å². The van der Waals surface area contributed by atoms with E-state index in [2.05, 4.69) is 8.92 Å². The number of rotatable bonds is 4. The molecule has 0 aromatic heterocycles. The van der Waals surface area contributed by atoms with Crippen LogP contribution in [0, 0.1) is 5.82 Å². The fourth-order valence-electron chi connectivity index (χ4n) is 1.24. The van der Waals surface area contributed by atoms with Gasteiger partial charge in [0.1, 0.15) is 5.82 Å². The maximum Gasteiger partial charge on any atom is 0.534 e. The SMILES string of the molecule is CCc1cc(OC)c(OS(=O)(=O)C(F)(F)F)cc1[18F]. The minimum absolute atomic E-state index is 0.161. The Hall–Kier alpha value is -1.51. The van der Waals surface area contributed by atoms with E-state index in [0.717, 1.165) is 13.2 Å². The van der Waals surface area contributed by atoms with Gasteiger partial charge in [-0.25, -0.2) is 4.39 Å². The number of alkyl halides is 3. The van der Waals surface area contributed by atoms with Crippen molar-refractivity contribution in [2.75, 3.05) is 7.11 Å². The summed E-state index contributed by atoms with van der Waals surface area (Å²) in [6, 6.07) is 1.62. The van der Waals surface area contributed by atoms with E-state index >= 15 is 0 Å². The lowest BCUT2D eigenvalue weighted by molar-refractivity contribution is -0.0500. The fraction of sp³-hybridized carbons (Fsp3) is 0.400. The van der Waals surface area contributed by atoms with E-state index in [-0.39, 0.29) is 17.7 Å². The third-order valence-corrected chi connectivity index (χ3v) is 3.16. The van der Waals surface area contributed by atoms with Gasteiger partial charge >= 0.3 is 15.6 Å². The molecule has 0 spiro atoms. The second-order valence-electron chi connectivity index (χ2n) is 3.43. The molecule has 4 nitrogen and oxygen atoms in total. The Morgan fingerprint density at radius 3 is 2.21 bits per heavy atom. The molecule has 0 atom stereocenters. The van der Waals surface area contributed by atoms with Gasteiger partial charge in [0, 0.05) is 6.07 Å². The van der Waals surface area contributed by atoms with E-state index < -0.39 is 27.2 Å². The standard InChI is InChI=1S/C10H10F4O4S/c1-3-6-4-8(17-2)9(5-7(6)11)18-19(15,16)10(12,13)14/h4-5H,3H2,1-2H3/i11-1. The zero-order valence-electron chi connectivity index (χ0n) is 9.91. The Kier molecular flexibility index (Phi) is 4.28. The molecule has 0 saturated carbocycles. The summed E-state index contributed by atoms with van der Waals surface area (Å²) in [4.78, 5) is 0. The maximum absolute atomic E-state index is 13.4. The first-order chi connectivity index (χ1) is 8.62. The molecule has 1 aromatic carbocycles. The van der Waals surface area contributed by atoms with Crippen LogP contribution < -0.4 is 8.92 Å². The Labute approximate surface area is 107 Å². The lowest BCUT2D eigenvalue weighted by atomic mass is 10.1. The van der Waals surface area contributed by atoms with Crippen LogP contribution in [-0.4, -0.2) is 21.0 Å². The second-order valence-corrected chi connectivity index (χ2v) is 4.97. The average molecular weight is 301 g/mol. The largest absolute Gasteiger partial charge is 0.534 e. The van der Waals surface area contributed by atoms with E-state index in [1.54, 1.807) is 6.92 Å². The monoisotopic (exact) mass is 301 g/mol. The van der Waals surface area contributed by atoms with Gasteiger partial charge in [-0.2, -0.15) is 21.6 Å². The van der Waals surface area contributed by atoms with E-state index in [1.807, 2.05) is 0 Å². The molecule has 9 heteroatoms. The minimum atomic E-state index is -5.87. The van der Waals surface area contributed by atoms with E-state index in [9.17, 15) is 26.0 Å². The Bertz CT molecular complexity index is 566. The average Bonchev–Trinajstić information content (AvgIpc) is 2.27. The predicted molar refractivity (Wildman–Crippen MR) is 57.9 cm³/mol. The molecule has 19 heavy (non-hydrogen) atoms. The van der Waals surface area contributed by atoms with Crippen LogP contribution in [0.4, 0.5) is 17.6 Å². The summed E-state index contributed by atoms with van der Waals surface area (Å²) in [5.41, 5.74) is -5.44. The zero-order valence-corrected chi connectivity index (χ0v) is 10.7. The number of benzene rings is 1. The van der Waals surface area contributed by atoms with Gasteiger partial charge in [-0.15, -0.1) is 0 Å². The van der Waals surface area contributed by atoms with Gasteiger partial charge in [0.2, 0.25) is 0 Å². The molecule has 1 aromatic rings. The zero-order chi connectivity index (χ0) is 14.8. The summed E-state index contributed by atoms with van der Waals surface area (Å²) < 4.78 is 80.1. The third kappa shape index (κ3) is 3.28. The van der Waals surface area contributed by atoms with Crippen molar-refractivity contribution in [2.45, 2.75) is 18.9 Å². The summed E-state index contributed by atoms with van der Waals surface area (Å²) in [6.45, 7) is 1.62. The molecule has 1 rings (SSSR count). The molecular weight excluding hydrogens is 291 g/mol. The highest BCUT2D eigenvalue weighted by Gasteiger charge is 2.49. The number of methoxy groups -OCH3 is 1. The maximum atomic E-state index is 13.4. The van der Waals surface area contributed by atoms with E-state index in [4.69, 9.17) is 0 Å². The molecular formula is C10H10F4O4S. The molecule has 0 amide bonds. The van der Waals surface area contributed by atoms with Crippen molar-refractivity contribution in [3.8, 4) is 11.5 Å². The van der Waals surface area contributed by atoms with Gasteiger partial charge in [-0.1, -0.05) is 6.92 Å². The Morgan fingerprint density at radius 1 is 1.21 bits per heavy atom. The van der Waals surface area contributed by atoms with Crippen LogP contribution >= 0.6 is 0 Å². The van der Waals surface area contributed by atoms with Crippen LogP contribution in [0.15, 0.2) is 12.1 Å². The lowest BCUT2D eigenvalue weighted by Crippen LogP contribution is -2.28. The molecule has 108 valence electrons. The highest BCUT2D eigenvalue weighted by atomic mass is 32.2. The van der Waals surface area contributed by atoms with Crippen molar-refractivity contribution >= 4 is 10.1 Å². The number of aryl methyl sites for hydroxylation is 1. The minimum Gasteiger partial charge on any atom is -0.493 e. The molecule has 0 aliphatic rings. The van der Waals surface area contributed by atoms with Crippen molar-refractivity contribution in [3.05, 3.63) is 23.5 Å². The van der Waals surface area contributed by atoms with E-state index in [0.29, 0.717) is 6.07 Å². The highest BCUT2D eigenvalue weighted by Crippen LogP contribution is 2.34. The van der Waals surface area contributed by atoms with Gasteiger partial charge in [-0.05, 0) is 18.1 Å². The predicted octanol–water partition coefficient (Wildman–Crippen LogP) is 2.63. The molecule has 0 N–H and O–H groups in total. The number of hydrogen-bond acceptors (Lipinski definition) is 4. The van der Waals surface area contributed by atoms with Gasteiger partial charge in [0.25, 0.3) is 0 Å². The van der Waals surface area contributed by atoms with Crippen molar-refractivity contribution in [1.29, 1.82) is 0 Å². The van der Waals surface area contributed by atoms with Crippen LogP contribution in [-0.2, 0) is 16.5 Å². The summed E-state index contributed by atoms with van der Waals surface area (Å²) in [6.07, 6.45) is 0.258. The molecule has 0 saturated heterocycles. The topological polar surface area (TPSA) is 52.6 Å².